The van der Waals surface area contributed by atoms with Gasteiger partial charge in [0.1, 0.15) is 0 Å². The molecule has 114 valence electrons. The summed E-state index contributed by atoms with van der Waals surface area (Å²) in [6.07, 6.45) is 6.26. The molecule has 1 aliphatic heterocycles. The highest BCUT2D eigenvalue weighted by molar-refractivity contribution is 5.96. The molecule has 1 aliphatic carbocycles. The minimum absolute atomic E-state index is 0.272. The van der Waals surface area contributed by atoms with Crippen LogP contribution in [0.15, 0.2) is 30.3 Å². The fraction of sp³-hybridized carbons (Fsp3) is 0.611. The smallest absolute Gasteiger partial charge is 0.164 e. The lowest BCUT2D eigenvalue weighted by Gasteiger charge is -2.38. The van der Waals surface area contributed by atoms with Gasteiger partial charge in [-0.2, -0.15) is 0 Å². The Hall–Kier alpha value is -1.19. The Labute approximate surface area is 127 Å². The van der Waals surface area contributed by atoms with Crippen LogP contribution in [0.5, 0.6) is 0 Å². The fourth-order valence-corrected chi connectivity index (χ4v) is 3.65. The molecule has 1 saturated carbocycles. The average molecular weight is 286 g/mol. The van der Waals surface area contributed by atoms with Gasteiger partial charge >= 0.3 is 0 Å². The predicted molar refractivity (Wildman–Crippen MR) is 85.7 cm³/mol. The summed E-state index contributed by atoms with van der Waals surface area (Å²) in [5, 5.41) is 0. The molecular weight excluding hydrogens is 260 g/mol. The predicted octanol–water partition coefficient (Wildman–Crippen LogP) is 2.82. The molecule has 0 atom stereocenters. The van der Waals surface area contributed by atoms with E-state index in [-0.39, 0.29) is 5.78 Å². The lowest BCUT2D eigenvalue weighted by molar-refractivity contribution is 0.0856. The third-order valence-corrected chi connectivity index (χ3v) is 5.00. The molecule has 1 heterocycles. The first-order valence-corrected chi connectivity index (χ1v) is 8.37. The highest BCUT2D eigenvalue weighted by Gasteiger charge is 2.26. The van der Waals surface area contributed by atoms with Gasteiger partial charge in [0.05, 0.1) is 0 Å². The number of hydrogen-bond acceptors (Lipinski definition) is 3. The number of benzene rings is 1. The Morgan fingerprint density at radius 2 is 1.67 bits per heavy atom. The number of rotatable bonds is 5. The molecule has 0 unspecified atom stereocenters. The molecule has 1 aromatic carbocycles. The summed E-state index contributed by atoms with van der Waals surface area (Å²) in [4.78, 5) is 17.2. The van der Waals surface area contributed by atoms with Crippen molar-refractivity contribution in [1.29, 1.82) is 0 Å². The molecule has 2 fully saturated rings. The zero-order valence-electron chi connectivity index (χ0n) is 12.8. The monoisotopic (exact) mass is 286 g/mol. The largest absolute Gasteiger partial charge is 0.300 e. The first-order valence-electron chi connectivity index (χ1n) is 8.37. The molecule has 0 N–H and O–H groups in total. The van der Waals surface area contributed by atoms with Crippen LogP contribution in [0.1, 0.15) is 42.5 Å². The van der Waals surface area contributed by atoms with Crippen molar-refractivity contribution in [1.82, 2.24) is 9.80 Å². The summed E-state index contributed by atoms with van der Waals surface area (Å²) >= 11 is 0. The maximum absolute atomic E-state index is 12.1. The number of carbonyl (C=O) groups is 1. The van der Waals surface area contributed by atoms with E-state index in [2.05, 4.69) is 9.80 Å². The van der Waals surface area contributed by atoms with Crippen LogP contribution in [-0.4, -0.2) is 54.3 Å². The minimum atomic E-state index is 0.272. The summed E-state index contributed by atoms with van der Waals surface area (Å²) < 4.78 is 0. The Kier molecular flexibility index (Phi) is 5.04. The van der Waals surface area contributed by atoms with Crippen LogP contribution in [0.4, 0.5) is 0 Å². The van der Waals surface area contributed by atoms with E-state index in [1.165, 1.54) is 38.8 Å². The molecule has 1 aromatic rings. The first-order chi connectivity index (χ1) is 10.3. The number of Topliss-reactive ketones (excluding diaryl/α,β-unsaturated/α-hetero) is 1. The van der Waals surface area contributed by atoms with Crippen LogP contribution >= 0.6 is 0 Å². The topological polar surface area (TPSA) is 23.6 Å². The Bertz CT molecular complexity index is 446. The second-order valence-electron chi connectivity index (χ2n) is 6.36. The second-order valence-corrected chi connectivity index (χ2v) is 6.36. The van der Waals surface area contributed by atoms with Gasteiger partial charge in [0.2, 0.25) is 0 Å². The standard InChI is InChI=1S/C18H26N2O/c21-18(16-6-2-1-3-7-16)10-11-19-12-14-20(15-13-19)17-8-4-5-9-17/h1-3,6-7,17H,4-5,8-15H2. The van der Waals surface area contributed by atoms with Gasteiger partial charge in [-0.3, -0.25) is 9.69 Å². The summed E-state index contributed by atoms with van der Waals surface area (Å²) in [6.45, 7) is 5.53. The van der Waals surface area contributed by atoms with Crippen molar-refractivity contribution in [3.8, 4) is 0 Å². The number of carbonyl (C=O) groups excluding carboxylic acids is 1. The maximum Gasteiger partial charge on any atom is 0.164 e. The molecule has 1 saturated heterocycles. The van der Waals surface area contributed by atoms with Crippen molar-refractivity contribution in [2.45, 2.75) is 38.1 Å². The summed E-state index contributed by atoms with van der Waals surface area (Å²) in [7, 11) is 0. The SMILES string of the molecule is O=C(CCN1CCN(C2CCCC2)CC1)c1ccccc1. The molecule has 0 radical (unpaired) electrons. The molecule has 2 aliphatic rings. The second kappa shape index (κ2) is 7.19. The van der Waals surface area contributed by atoms with Gasteiger partial charge in [0.25, 0.3) is 0 Å². The van der Waals surface area contributed by atoms with Gasteiger partial charge in [0.15, 0.2) is 5.78 Å². The highest BCUT2D eigenvalue weighted by Crippen LogP contribution is 2.24. The molecule has 3 heteroatoms. The van der Waals surface area contributed by atoms with Crippen molar-refractivity contribution >= 4 is 5.78 Å². The van der Waals surface area contributed by atoms with Crippen LogP contribution in [-0.2, 0) is 0 Å². The maximum atomic E-state index is 12.1. The number of hydrogen-bond donors (Lipinski definition) is 0. The van der Waals surface area contributed by atoms with Gasteiger partial charge in [-0.25, -0.2) is 0 Å². The Morgan fingerprint density at radius 1 is 1.00 bits per heavy atom. The van der Waals surface area contributed by atoms with E-state index in [1.807, 2.05) is 30.3 Å². The number of piperazine rings is 1. The van der Waals surface area contributed by atoms with Gasteiger partial charge in [-0.05, 0) is 12.8 Å². The molecule has 0 spiro atoms. The van der Waals surface area contributed by atoms with E-state index in [1.54, 1.807) is 0 Å². The van der Waals surface area contributed by atoms with Crippen molar-refractivity contribution in [3.63, 3.8) is 0 Å². The van der Waals surface area contributed by atoms with E-state index in [0.717, 1.165) is 31.2 Å². The van der Waals surface area contributed by atoms with Gasteiger partial charge < -0.3 is 4.90 Å². The lowest BCUT2D eigenvalue weighted by atomic mass is 10.1. The van der Waals surface area contributed by atoms with E-state index in [9.17, 15) is 4.79 Å². The van der Waals surface area contributed by atoms with E-state index in [4.69, 9.17) is 0 Å². The zero-order chi connectivity index (χ0) is 14.5. The van der Waals surface area contributed by atoms with Gasteiger partial charge in [0, 0.05) is 50.7 Å². The van der Waals surface area contributed by atoms with Crippen LogP contribution in [0.3, 0.4) is 0 Å². The van der Waals surface area contributed by atoms with Crippen LogP contribution in [0.25, 0.3) is 0 Å². The summed E-state index contributed by atoms with van der Waals surface area (Å²) in [5.74, 6) is 0.272. The quantitative estimate of drug-likeness (QED) is 0.778. The van der Waals surface area contributed by atoms with Crippen LogP contribution in [0.2, 0.25) is 0 Å². The Balaban J connectivity index is 1.40. The minimum Gasteiger partial charge on any atom is -0.300 e. The van der Waals surface area contributed by atoms with Gasteiger partial charge in [-0.1, -0.05) is 43.2 Å². The average Bonchev–Trinajstić information content (AvgIpc) is 3.08. The third kappa shape index (κ3) is 3.92. The highest BCUT2D eigenvalue weighted by atomic mass is 16.1. The molecule has 0 bridgehead atoms. The van der Waals surface area contributed by atoms with Crippen LogP contribution < -0.4 is 0 Å². The zero-order valence-corrected chi connectivity index (χ0v) is 12.8. The molecule has 0 aromatic heterocycles. The van der Waals surface area contributed by atoms with Gasteiger partial charge in [-0.15, -0.1) is 0 Å². The molecular formula is C18H26N2O. The fourth-order valence-electron chi connectivity index (χ4n) is 3.65. The first kappa shape index (κ1) is 14.7. The molecule has 3 nitrogen and oxygen atoms in total. The number of ketones is 1. The summed E-state index contributed by atoms with van der Waals surface area (Å²) in [6, 6.07) is 10.5. The summed E-state index contributed by atoms with van der Waals surface area (Å²) in [5.41, 5.74) is 0.849. The van der Waals surface area contributed by atoms with E-state index >= 15 is 0 Å². The third-order valence-electron chi connectivity index (χ3n) is 5.00. The van der Waals surface area contributed by atoms with Crippen LogP contribution in [0, 0.1) is 0 Å². The molecule has 0 amide bonds. The van der Waals surface area contributed by atoms with E-state index < -0.39 is 0 Å². The van der Waals surface area contributed by atoms with Crippen molar-refractivity contribution in [3.05, 3.63) is 35.9 Å². The normalized spacial score (nSPS) is 21.7. The van der Waals surface area contributed by atoms with Crippen molar-refractivity contribution in [2.24, 2.45) is 0 Å². The molecule has 21 heavy (non-hydrogen) atoms. The van der Waals surface area contributed by atoms with E-state index in [0.29, 0.717) is 6.42 Å². The lowest BCUT2D eigenvalue weighted by Crippen LogP contribution is -2.49. The van der Waals surface area contributed by atoms with Crippen molar-refractivity contribution in [2.75, 3.05) is 32.7 Å². The Morgan fingerprint density at radius 3 is 2.33 bits per heavy atom. The number of nitrogens with zero attached hydrogens (tertiary/aromatic N) is 2. The van der Waals surface area contributed by atoms with Crippen molar-refractivity contribution < 1.29 is 4.79 Å². The molecule has 3 rings (SSSR count).